The molecule has 0 radical (unpaired) electrons. The lowest BCUT2D eigenvalue weighted by Gasteiger charge is -2.26. The summed E-state index contributed by atoms with van der Waals surface area (Å²) < 4.78 is 45.9. The summed E-state index contributed by atoms with van der Waals surface area (Å²) >= 11 is 5.79. The maximum Gasteiger partial charge on any atom is 0.501 e. The van der Waals surface area contributed by atoms with Gasteiger partial charge < -0.3 is 9.64 Å². The van der Waals surface area contributed by atoms with Gasteiger partial charge in [-0.05, 0) is 23.3 Å². The Morgan fingerprint density at radius 1 is 1.12 bits per heavy atom. The summed E-state index contributed by atoms with van der Waals surface area (Å²) in [5, 5.41) is -0.398. The number of morpholine rings is 1. The first kappa shape index (κ1) is 24.6. The summed E-state index contributed by atoms with van der Waals surface area (Å²) in [6.07, 6.45) is -4.55. The van der Waals surface area contributed by atoms with E-state index in [9.17, 15) is 27.6 Å². The lowest BCUT2D eigenvalue weighted by molar-refractivity contribution is -0.393. The van der Waals surface area contributed by atoms with Crippen LogP contribution in [-0.4, -0.2) is 89.3 Å². The number of imide groups is 1. The molecule has 4 rings (SSSR count). The Hall–Kier alpha value is -2.50. The first-order chi connectivity index (χ1) is 16.1. The molecule has 0 atom stereocenters. The number of nitrogens with zero attached hydrogens (tertiary/aromatic N) is 4. The van der Waals surface area contributed by atoms with Crippen LogP contribution in [0, 0.1) is 0 Å². The molecular formula is C22H25ClF3N4O4+. The summed E-state index contributed by atoms with van der Waals surface area (Å²) in [5.74, 6) is -0.728. The minimum Gasteiger partial charge on any atom is -0.379 e. The van der Waals surface area contributed by atoms with Crippen LogP contribution in [0.15, 0.2) is 12.1 Å². The lowest BCUT2D eigenvalue weighted by atomic mass is 10.1. The third kappa shape index (κ3) is 4.96. The Morgan fingerprint density at radius 2 is 1.76 bits per heavy atom. The molecule has 4 amide bonds. The largest absolute Gasteiger partial charge is 0.501 e. The SMILES string of the molecule is C[N+]1=C(CCC(=O)N2Cc3cc(Cl)c(C(F)(F)F)cc3C2)C(=O)N(CCN2CCOCC2)C1=O. The Bertz CT molecular complexity index is 1050. The lowest BCUT2D eigenvalue weighted by Crippen LogP contribution is -2.44. The highest BCUT2D eigenvalue weighted by Crippen LogP contribution is 2.38. The summed E-state index contributed by atoms with van der Waals surface area (Å²) in [7, 11) is 1.50. The molecule has 1 saturated heterocycles. The number of carbonyl (C=O) groups is 3. The minimum absolute atomic E-state index is 0.0379. The van der Waals surface area contributed by atoms with Gasteiger partial charge in [0.2, 0.25) is 5.91 Å². The Labute approximate surface area is 199 Å². The van der Waals surface area contributed by atoms with E-state index in [0.717, 1.165) is 19.2 Å². The van der Waals surface area contributed by atoms with Gasteiger partial charge in [-0.3, -0.25) is 9.69 Å². The molecule has 8 nitrogen and oxygen atoms in total. The van der Waals surface area contributed by atoms with Gasteiger partial charge in [0.15, 0.2) is 5.71 Å². The second-order valence-corrected chi connectivity index (χ2v) is 8.95. The van der Waals surface area contributed by atoms with Crippen molar-refractivity contribution in [3.05, 3.63) is 33.8 Å². The van der Waals surface area contributed by atoms with E-state index < -0.39 is 28.7 Å². The van der Waals surface area contributed by atoms with Crippen molar-refractivity contribution in [3.8, 4) is 0 Å². The summed E-state index contributed by atoms with van der Waals surface area (Å²) in [5.41, 5.74) is 0.278. The van der Waals surface area contributed by atoms with Gasteiger partial charge in [-0.2, -0.15) is 27.4 Å². The maximum absolute atomic E-state index is 13.1. The molecule has 0 aliphatic carbocycles. The van der Waals surface area contributed by atoms with Crippen molar-refractivity contribution in [2.24, 2.45) is 0 Å². The van der Waals surface area contributed by atoms with Gasteiger partial charge in [-0.1, -0.05) is 11.6 Å². The van der Waals surface area contributed by atoms with Gasteiger partial charge in [0.05, 0.1) is 30.8 Å². The zero-order valence-corrected chi connectivity index (χ0v) is 19.4. The van der Waals surface area contributed by atoms with Gasteiger partial charge in [0, 0.05) is 45.6 Å². The second-order valence-electron chi connectivity index (χ2n) is 8.55. The molecule has 3 heterocycles. The van der Waals surface area contributed by atoms with Crippen LogP contribution >= 0.6 is 11.6 Å². The molecule has 34 heavy (non-hydrogen) atoms. The molecule has 1 aromatic carbocycles. The number of benzene rings is 1. The molecule has 0 bridgehead atoms. The minimum atomic E-state index is -4.58. The second kappa shape index (κ2) is 9.63. The molecule has 0 spiro atoms. The van der Waals surface area contributed by atoms with E-state index in [-0.39, 0.29) is 44.1 Å². The van der Waals surface area contributed by atoms with Crippen molar-refractivity contribution in [2.45, 2.75) is 32.1 Å². The fourth-order valence-corrected chi connectivity index (χ4v) is 4.71. The van der Waals surface area contributed by atoms with Crippen molar-refractivity contribution < 1.29 is 36.9 Å². The van der Waals surface area contributed by atoms with E-state index in [1.165, 1.54) is 27.5 Å². The number of fused-ring (bicyclic) bond motifs is 1. The van der Waals surface area contributed by atoms with Crippen LogP contribution in [0.2, 0.25) is 5.02 Å². The van der Waals surface area contributed by atoms with Gasteiger partial charge in [-0.25, -0.2) is 4.79 Å². The smallest absolute Gasteiger partial charge is 0.379 e. The van der Waals surface area contributed by atoms with E-state index in [2.05, 4.69) is 4.90 Å². The zero-order chi connectivity index (χ0) is 24.6. The van der Waals surface area contributed by atoms with Crippen LogP contribution < -0.4 is 0 Å². The number of rotatable bonds is 6. The van der Waals surface area contributed by atoms with Crippen LogP contribution in [-0.2, 0) is 33.6 Å². The number of alkyl halides is 3. The number of ether oxygens (including phenoxy) is 1. The van der Waals surface area contributed by atoms with E-state index in [1.54, 1.807) is 0 Å². The number of hydrogen-bond acceptors (Lipinski definition) is 5. The standard InChI is InChI=1S/C22H25ClF3N4O4/c1-27-18(20(32)30(21(27)33)5-4-28-6-8-34-9-7-28)2-3-19(31)29-12-14-10-16(22(24,25)26)17(23)11-15(14)13-29/h10-11H,2-9,12-13H2,1H3/q+1. The van der Waals surface area contributed by atoms with E-state index in [0.29, 0.717) is 30.9 Å². The van der Waals surface area contributed by atoms with Crippen molar-refractivity contribution in [3.63, 3.8) is 0 Å². The molecule has 1 aromatic rings. The van der Waals surface area contributed by atoms with Crippen molar-refractivity contribution in [1.29, 1.82) is 0 Å². The predicted molar refractivity (Wildman–Crippen MR) is 116 cm³/mol. The number of halogens is 4. The normalized spacial score (nSPS) is 19.4. The molecule has 3 aliphatic heterocycles. The number of hydrogen-bond donors (Lipinski definition) is 0. The van der Waals surface area contributed by atoms with Gasteiger partial charge >= 0.3 is 18.1 Å². The van der Waals surface area contributed by atoms with Gasteiger partial charge in [0.1, 0.15) is 6.54 Å². The average Bonchev–Trinajstić information content (AvgIpc) is 3.29. The number of amides is 4. The zero-order valence-electron chi connectivity index (χ0n) is 18.7. The van der Waals surface area contributed by atoms with Gasteiger partial charge in [-0.15, -0.1) is 0 Å². The molecule has 0 unspecified atom stereocenters. The monoisotopic (exact) mass is 501 g/mol. The van der Waals surface area contributed by atoms with E-state index >= 15 is 0 Å². The number of carbonyl (C=O) groups excluding carboxylic acids is 3. The first-order valence-electron chi connectivity index (χ1n) is 11.0. The highest BCUT2D eigenvalue weighted by Gasteiger charge is 2.45. The molecule has 0 aromatic heterocycles. The summed E-state index contributed by atoms with van der Waals surface area (Å²) in [6.45, 7) is 3.71. The fourth-order valence-electron chi connectivity index (χ4n) is 4.42. The Morgan fingerprint density at radius 3 is 2.41 bits per heavy atom. The highest BCUT2D eigenvalue weighted by molar-refractivity contribution is 6.42. The molecule has 0 saturated carbocycles. The Kier molecular flexibility index (Phi) is 6.97. The first-order valence-corrected chi connectivity index (χ1v) is 11.4. The molecule has 184 valence electrons. The molecular weight excluding hydrogens is 477 g/mol. The van der Waals surface area contributed by atoms with E-state index in [4.69, 9.17) is 16.3 Å². The van der Waals surface area contributed by atoms with Crippen molar-refractivity contribution >= 4 is 35.2 Å². The third-order valence-corrected chi connectivity index (χ3v) is 6.72. The summed E-state index contributed by atoms with van der Waals surface area (Å²) in [6, 6.07) is 1.81. The quantitative estimate of drug-likeness (QED) is 0.560. The van der Waals surface area contributed by atoms with Gasteiger partial charge in [0.25, 0.3) is 0 Å². The predicted octanol–water partition coefficient (Wildman–Crippen LogP) is 2.36. The molecule has 12 heteroatoms. The van der Waals surface area contributed by atoms with Crippen LogP contribution in [0.4, 0.5) is 18.0 Å². The molecule has 0 N–H and O–H groups in total. The molecule has 3 aliphatic rings. The van der Waals surface area contributed by atoms with Crippen LogP contribution in [0.5, 0.6) is 0 Å². The fraction of sp³-hybridized carbons (Fsp3) is 0.545. The summed E-state index contributed by atoms with van der Waals surface area (Å²) in [4.78, 5) is 42.9. The number of urea groups is 1. The average molecular weight is 502 g/mol. The van der Waals surface area contributed by atoms with E-state index in [1.807, 2.05) is 0 Å². The highest BCUT2D eigenvalue weighted by atomic mass is 35.5. The van der Waals surface area contributed by atoms with Crippen LogP contribution in [0.3, 0.4) is 0 Å². The van der Waals surface area contributed by atoms with Crippen molar-refractivity contribution in [1.82, 2.24) is 14.7 Å². The maximum atomic E-state index is 13.1. The van der Waals surface area contributed by atoms with Crippen LogP contribution in [0.1, 0.15) is 29.5 Å². The van der Waals surface area contributed by atoms with Crippen molar-refractivity contribution in [2.75, 3.05) is 46.4 Å². The topological polar surface area (TPSA) is 73.2 Å². The molecule has 1 fully saturated rings. The Balaban J connectivity index is 1.34. The van der Waals surface area contributed by atoms with Crippen LogP contribution in [0.25, 0.3) is 0 Å². The third-order valence-electron chi connectivity index (χ3n) is 6.40.